The molecule has 0 spiro atoms. The van der Waals surface area contributed by atoms with Crippen LogP contribution in [0.2, 0.25) is 0 Å². The van der Waals surface area contributed by atoms with Gasteiger partial charge in [0, 0.05) is 13.5 Å². The fourth-order valence-electron chi connectivity index (χ4n) is 3.51. The minimum atomic E-state index is -3.45. The van der Waals surface area contributed by atoms with Crippen molar-refractivity contribution in [3.8, 4) is 0 Å². The minimum absolute atomic E-state index is 0.0682. The molecule has 1 N–H and O–H groups in total. The Morgan fingerprint density at radius 3 is 2.57 bits per heavy atom. The van der Waals surface area contributed by atoms with E-state index in [1.54, 1.807) is 11.0 Å². The molecule has 6 nitrogen and oxygen atoms in total. The number of carbonyl (C=O) groups excluding carboxylic acids is 1. The Labute approximate surface area is 137 Å². The van der Waals surface area contributed by atoms with Gasteiger partial charge in [0.15, 0.2) is 0 Å². The number of piperidine rings is 1. The molecule has 2 aliphatic heterocycles. The molecule has 0 bridgehead atoms. The third-order valence-corrected chi connectivity index (χ3v) is 6.81. The number of para-hydroxylation sites is 2. The van der Waals surface area contributed by atoms with Gasteiger partial charge in [-0.05, 0) is 38.4 Å². The highest BCUT2D eigenvalue weighted by atomic mass is 32.2. The Bertz CT molecular complexity index is 698. The van der Waals surface area contributed by atoms with Gasteiger partial charge in [-0.2, -0.15) is 0 Å². The first-order chi connectivity index (χ1) is 10.9. The zero-order chi connectivity index (χ0) is 16.6. The molecular weight excluding hydrogens is 314 g/mol. The maximum absolute atomic E-state index is 13.1. The van der Waals surface area contributed by atoms with E-state index < -0.39 is 15.3 Å². The first-order valence-electron chi connectivity index (χ1n) is 8.04. The number of nitrogens with zero attached hydrogens (tertiary/aromatic N) is 2. The van der Waals surface area contributed by atoms with Crippen molar-refractivity contribution in [2.75, 3.05) is 28.8 Å². The summed E-state index contributed by atoms with van der Waals surface area (Å²) in [7, 11) is -3.45. The summed E-state index contributed by atoms with van der Waals surface area (Å²) in [5.41, 5.74) is 1.28. The average molecular weight is 337 g/mol. The molecule has 2 heterocycles. The summed E-state index contributed by atoms with van der Waals surface area (Å²) >= 11 is 0. The van der Waals surface area contributed by atoms with Crippen molar-refractivity contribution in [1.29, 1.82) is 0 Å². The summed E-state index contributed by atoms with van der Waals surface area (Å²) in [5, 5.41) is 2.77. The van der Waals surface area contributed by atoms with Gasteiger partial charge in [-0.1, -0.05) is 12.1 Å². The number of benzene rings is 1. The number of fused-ring (bicyclic) bond motifs is 1. The fraction of sp³-hybridized carbons (Fsp3) is 0.562. The second kappa shape index (κ2) is 6.13. The number of sulfonamides is 1. The van der Waals surface area contributed by atoms with E-state index in [-0.39, 0.29) is 11.9 Å². The molecule has 1 saturated heterocycles. The Morgan fingerprint density at radius 2 is 1.96 bits per heavy atom. The highest BCUT2D eigenvalue weighted by Crippen LogP contribution is 2.38. The molecule has 1 fully saturated rings. The van der Waals surface area contributed by atoms with Crippen LogP contribution in [0, 0.1) is 0 Å². The van der Waals surface area contributed by atoms with E-state index in [1.165, 1.54) is 11.2 Å². The number of anilines is 2. The number of hydrogen-bond acceptors (Lipinski definition) is 4. The van der Waals surface area contributed by atoms with Crippen LogP contribution in [0.15, 0.2) is 24.3 Å². The zero-order valence-corrected chi connectivity index (χ0v) is 14.3. The lowest BCUT2D eigenvalue weighted by atomic mass is 10.1. The van der Waals surface area contributed by atoms with Gasteiger partial charge in [-0.3, -0.25) is 9.10 Å². The van der Waals surface area contributed by atoms with Gasteiger partial charge in [0.1, 0.15) is 0 Å². The second-order valence-electron chi connectivity index (χ2n) is 6.27. The van der Waals surface area contributed by atoms with Gasteiger partial charge in [0.05, 0.1) is 29.2 Å². The molecule has 0 aliphatic carbocycles. The van der Waals surface area contributed by atoms with E-state index in [9.17, 15) is 13.2 Å². The van der Waals surface area contributed by atoms with Gasteiger partial charge >= 0.3 is 0 Å². The quantitative estimate of drug-likeness (QED) is 0.884. The Kier molecular flexibility index (Phi) is 4.33. The Morgan fingerprint density at radius 1 is 1.26 bits per heavy atom. The van der Waals surface area contributed by atoms with E-state index in [2.05, 4.69) is 5.32 Å². The van der Waals surface area contributed by atoms with Crippen molar-refractivity contribution in [2.45, 2.75) is 38.0 Å². The van der Waals surface area contributed by atoms with Gasteiger partial charge in [0.2, 0.25) is 15.9 Å². The average Bonchev–Trinajstić information content (AvgIpc) is 2.54. The third kappa shape index (κ3) is 2.83. The summed E-state index contributed by atoms with van der Waals surface area (Å²) in [6.45, 7) is 5.07. The molecule has 2 atom stereocenters. The van der Waals surface area contributed by atoms with E-state index in [0.29, 0.717) is 30.9 Å². The van der Waals surface area contributed by atoms with Gasteiger partial charge in [0.25, 0.3) is 0 Å². The van der Waals surface area contributed by atoms with Gasteiger partial charge in [-0.15, -0.1) is 0 Å². The predicted molar refractivity (Wildman–Crippen MR) is 91.2 cm³/mol. The van der Waals surface area contributed by atoms with Crippen molar-refractivity contribution in [1.82, 2.24) is 5.32 Å². The molecule has 2 aliphatic rings. The standard InChI is InChI=1S/C16H23N3O3S/c1-12-11-18(23(21,22)14-6-5-9-17-10-14)15-7-3-4-8-16(15)19(12)13(2)20/h3-4,7-8,12,14,17H,5-6,9-11H2,1-2H3/t12-,14?/m0/s1. The molecule has 0 saturated carbocycles. The van der Waals surface area contributed by atoms with Gasteiger partial charge < -0.3 is 10.2 Å². The van der Waals surface area contributed by atoms with Crippen LogP contribution >= 0.6 is 0 Å². The molecule has 7 heteroatoms. The molecule has 23 heavy (non-hydrogen) atoms. The fourth-order valence-corrected chi connectivity index (χ4v) is 5.52. The lowest BCUT2D eigenvalue weighted by Crippen LogP contribution is -2.54. The largest absolute Gasteiger partial charge is 0.315 e. The van der Waals surface area contributed by atoms with Crippen LogP contribution in [-0.4, -0.2) is 45.3 Å². The van der Waals surface area contributed by atoms with Crippen LogP contribution in [0.1, 0.15) is 26.7 Å². The highest BCUT2D eigenvalue weighted by molar-refractivity contribution is 7.93. The van der Waals surface area contributed by atoms with Crippen molar-refractivity contribution in [3.05, 3.63) is 24.3 Å². The minimum Gasteiger partial charge on any atom is -0.315 e. The molecule has 1 amide bonds. The highest BCUT2D eigenvalue weighted by Gasteiger charge is 2.40. The predicted octanol–water partition coefficient (Wildman–Crippen LogP) is 1.33. The van der Waals surface area contributed by atoms with Crippen molar-refractivity contribution in [2.24, 2.45) is 0 Å². The van der Waals surface area contributed by atoms with Crippen LogP contribution in [-0.2, 0) is 14.8 Å². The SMILES string of the molecule is CC(=O)N1c2ccccc2N(S(=O)(=O)C2CCCNC2)C[C@@H]1C. The molecule has 3 rings (SSSR count). The van der Waals surface area contributed by atoms with E-state index >= 15 is 0 Å². The topological polar surface area (TPSA) is 69.7 Å². The number of rotatable bonds is 2. The van der Waals surface area contributed by atoms with Crippen LogP contribution in [0.4, 0.5) is 11.4 Å². The molecule has 0 aromatic heterocycles. The summed E-state index contributed by atoms with van der Waals surface area (Å²) in [6.07, 6.45) is 1.55. The van der Waals surface area contributed by atoms with Crippen molar-refractivity contribution in [3.63, 3.8) is 0 Å². The number of amides is 1. The summed E-state index contributed by atoms with van der Waals surface area (Å²) < 4.78 is 27.7. The first kappa shape index (κ1) is 16.3. The summed E-state index contributed by atoms with van der Waals surface area (Å²) in [6, 6.07) is 7.06. The number of carbonyl (C=O) groups is 1. The van der Waals surface area contributed by atoms with Crippen molar-refractivity contribution >= 4 is 27.3 Å². The maximum Gasteiger partial charge on any atom is 0.239 e. The van der Waals surface area contributed by atoms with Crippen LogP contribution in [0.3, 0.4) is 0 Å². The maximum atomic E-state index is 13.1. The van der Waals surface area contributed by atoms with Crippen LogP contribution in [0.25, 0.3) is 0 Å². The van der Waals surface area contributed by atoms with Crippen LogP contribution in [0.5, 0.6) is 0 Å². The third-order valence-electron chi connectivity index (χ3n) is 4.60. The smallest absolute Gasteiger partial charge is 0.239 e. The molecule has 126 valence electrons. The lowest BCUT2D eigenvalue weighted by Gasteiger charge is -2.42. The zero-order valence-electron chi connectivity index (χ0n) is 13.5. The molecular formula is C16H23N3O3S. The molecule has 1 aromatic carbocycles. The van der Waals surface area contributed by atoms with Gasteiger partial charge in [-0.25, -0.2) is 8.42 Å². The molecule has 1 unspecified atom stereocenters. The molecule has 1 aromatic rings. The van der Waals surface area contributed by atoms with E-state index in [0.717, 1.165) is 13.0 Å². The molecule has 0 radical (unpaired) electrons. The Hall–Kier alpha value is -1.60. The first-order valence-corrected chi connectivity index (χ1v) is 9.54. The summed E-state index contributed by atoms with van der Waals surface area (Å²) in [4.78, 5) is 13.7. The summed E-state index contributed by atoms with van der Waals surface area (Å²) in [5.74, 6) is -0.0682. The number of nitrogens with one attached hydrogen (secondary N) is 1. The van der Waals surface area contributed by atoms with E-state index in [4.69, 9.17) is 0 Å². The normalized spacial score (nSPS) is 25.1. The second-order valence-corrected chi connectivity index (χ2v) is 8.41. The Balaban J connectivity index is 2.03. The van der Waals surface area contributed by atoms with E-state index in [1.807, 2.05) is 25.1 Å². The monoisotopic (exact) mass is 337 g/mol. The number of hydrogen-bond donors (Lipinski definition) is 1. The lowest BCUT2D eigenvalue weighted by molar-refractivity contribution is -0.117. The van der Waals surface area contributed by atoms with Crippen LogP contribution < -0.4 is 14.5 Å². The van der Waals surface area contributed by atoms with Crippen molar-refractivity contribution < 1.29 is 13.2 Å².